The lowest BCUT2D eigenvalue weighted by Gasteiger charge is -2.11. The molecule has 0 atom stereocenters. The first-order valence-electron chi connectivity index (χ1n) is 7.28. The maximum atomic E-state index is 12.6. The fourth-order valence-electron chi connectivity index (χ4n) is 2.44. The van der Waals surface area contributed by atoms with Crippen LogP contribution in [0.15, 0.2) is 54.2 Å². The molecule has 0 aromatic heterocycles. The van der Waals surface area contributed by atoms with Gasteiger partial charge in [-0.05, 0) is 30.3 Å². The Bertz CT molecular complexity index is 815. The van der Waals surface area contributed by atoms with Gasteiger partial charge in [0, 0.05) is 11.6 Å². The van der Waals surface area contributed by atoms with Gasteiger partial charge in [-0.25, -0.2) is 9.69 Å². The van der Waals surface area contributed by atoms with Crippen molar-refractivity contribution >= 4 is 23.7 Å². The number of carbonyl (C=O) groups is 2. The van der Waals surface area contributed by atoms with Crippen LogP contribution in [-0.2, 0) is 4.79 Å². The number of urea groups is 1. The molecule has 122 valence electrons. The first kappa shape index (κ1) is 15.6. The Labute approximate surface area is 139 Å². The van der Waals surface area contributed by atoms with Crippen LogP contribution in [0.5, 0.6) is 11.5 Å². The number of nitrogens with one attached hydrogen (secondary N) is 1. The number of hydrogen-bond donors (Lipinski definition) is 1. The summed E-state index contributed by atoms with van der Waals surface area (Å²) in [5.41, 5.74) is 1.37. The minimum Gasteiger partial charge on any atom is -0.497 e. The highest BCUT2D eigenvalue weighted by atomic mass is 16.5. The van der Waals surface area contributed by atoms with E-state index in [-0.39, 0.29) is 5.70 Å². The standard InChI is InChI=1S/C18H16N2O4/c1-23-14-9-8-12(16(11-14)24-2)10-15-17(21)20(18(22)19-15)13-6-4-3-5-7-13/h3-11H,1-2H3,(H,19,22)/b15-10-. The number of rotatable bonds is 4. The first-order valence-corrected chi connectivity index (χ1v) is 7.28. The van der Waals surface area contributed by atoms with Crippen LogP contribution >= 0.6 is 0 Å². The number of anilines is 1. The summed E-state index contributed by atoms with van der Waals surface area (Å²) in [6.45, 7) is 0. The number of hydrogen-bond acceptors (Lipinski definition) is 4. The summed E-state index contributed by atoms with van der Waals surface area (Å²) in [6.07, 6.45) is 1.58. The predicted octanol–water partition coefficient (Wildman–Crippen LogP) is 2.80. The molecule has 0 radical (unpaired) electrons. The molecule has 24 heavy (non-hydrogen) atoms. The van der Waals surface area contributed by atoms with Crippen LogP contribution in [0.1, 0.15) is 5.56 Å². The number of imide groups is 1. The SMILES string of the molecule is COc1ccc(/C=C2\NC(=O)N(c3ccccc3)C2=O)c(OC)c1. The van der Waals surface area contributed by atoms with E-state index in [1.807, 2.05) is 6.07 Å². The van der Waals surface area contributed by atoms with E-state index in [1.165, 1.54) is 7.11 Å². The molecule has 1 aliphatic heterocycles. The summed E-state index contributed by atoms with van der Waals surface area (Å²) in [6, 6.07) is 13.5. The van der Waals surface area contributed by atoms with E-state index >= 15 is 0 Å². The van der Waals surface area contributed by atoms with E-state index in [0.717, 1.165) is 4.90 Å². The molecule has 1 N–H and O–H groups in total. The summed E-state index contributed by atoms with van der Waals surface area (Å²) in [5, 5.41) is 2.59. The van der Waals surface area contributed by atoms with Crippen LogP contribution in [0, 0.1) is 0 Å². The molecular weight excluding hydrogens is 308 g/mol. The first-order chi connectivity index (χ1) is 11.6. The predicted molar refractivity (Wildman–Crippen MR) is 90.0 cm³/mol. The van der Waals surface area contributed by atoms with Gasteiger partial charge in [0.1, 0.15) is 17.2 Å². The molecule has 6 nitrogen and oxygen atoms in total. The molecule has 2 aromatic rings. The number of methoxy groups -OCH3 is 2. The average Bonchev–Trinajstić information content (AvgIpc) is 2.89. The molecular formula is C18H16N2O4. The van der Waals surface area contributed by atoms with Crippen molar-refractivity contribution in [2.24, 2.45) is 0 Å². The fraction of sp³-hybridized carbons (Fsp3) is 0.111. The van der Waals surface area contributed by atoms with Crippen molar-refractivity contribution in [2.45, 2.75) is 0 Å². The Morgan fingerprint density at radius 1 is 1.00 bits per heavy atom. The van der Waals surface area contributed by atoms with Crippen LogP contribution in [0.4, 0.5) is 10.5 Å². The van der Waals surface area contributed by atoms with E-state index < -0.39 is 11.9 Å². The minimum absolute atomic E-state index is 0.187. The summed E-state index contributed by atoms with van der Waals surface area (Å²) in [7, 11) is 3.09. The topological polar surface area (TPSA) is 67.9 Å². The fourth-order valence-corrected chi connectivity index (χ4v) is 2.44. The van der Waals surface area contributed by atoms with E-state index in [4.69, 9.17) is 9.47 Å². The second-order valence-electron chi connectivity index (χ2n) is 5.07. The van der Waals surface area contributed by atoms with Crippen molar-refractivity contribution in [3.8, 4) is 11.5 Å². The Morgan fingerprint density at radius 3 is 2.42 bits per heavy atom. The third-order valence-corrected chi connectivity index (χ3v) is 3.63. The van der Waals surface area contributed by atoms with E-state index in [9.17, 15) is 9.59 Å². The highest BCUT2D eigenvalue weighted by Crippen LogP contribution is 2.28. The van der Waals surface area contributed by atoms with Crippen LogP contribution < -0.4 is 19.7 Å². The van der Waals surface area contributed by atoms with Crippen molar-refractivity contribution in [3.63, 3.8) is 0 Å². The maximum Gasteiger partial charge on any atom is 0.333 e. The van der Waals surface area contributed by atoms with Crippen molar-refractivity contribution in [1.29, 1.82) is 0 Å². The third kappa shape index (κ3) is 2.81. The molecule has 3 rings (SSSR count). The molecule has 0 bridgehead atoms. The lowest BCUT2D eigenvalue weighted by Crippen LogP contribution is -2.30. The van der Waals surface area contributed by atoms with Crippen molar-refractivity contribution < 1.29 is 19.1 Å². The molecule has 2 aromatic carbocycles. The Kier molecular flexibility index (Phi) is 4.20. The number of amides is 3. The number of carbonyl (C=O) groups excluding carboxylic acids is 2. The molecule has 0 spiro atoms. The van der Waals surface area contributed by atoms with Crippen LogP contribution in [0.3, 0.4) is 0 Å². The second-order valence-corrected chi connectivity index (χ2v) is 5.07. The molecule has 0 aliphatic carbocycles. The van der Waals surface area contributed by atoms with E-state index in [2.05, 4.69) is 5.32 Å². The largest absolute Gasteiger partial charge is 0.497 e. The average molecular weight is 324 g/mol. The van der Waals surface area contributed by atoms with Gasteiger partial charge in [0.25, 0.3) is 5.91 Å². The smallest absolute Gasteiger partial charge is 0.333 e. The zero-order valence-electron chi connectivity index (χ0n) is 13.3. The van der Waals surface area contributed by atoms with Gasteiger partial charge in [0.2, 0.25) is 0 Å². The molecule has 0 saturated carbocycles. The second kappa shape index (κ2) is 6.45. The molecule has 1 saturated heterocycles. The maximum absolute atomic E-state index is 12.6. The van der Waals surface area contributed by atoms with Gasteiger partial charge in [-0.2, -0.15) is 0 Å². The monoisotopic (exact) mass is 324 g/mol. The van der Waals surface area contributed by atoms with Gasteiger partial charge >= 0.3 is 6.03 Å². The molecule has 1 heterocycles. The van der Waals surface area contributed by atoms with Gasteiger partial charge in [-0.1, -0.05) is 18.2 Å². The summed E-state index contributed by atoms with van der Waals surface area (Å²) in [5.74, 6) is 0.771. The van der Waals surface area contributed by atoms with Gasteiger partial charge in [0.15, 0.2) is 0 Å². The molecule has 3 amide bonds. The highest BCUT2D eigenvalue weighted by molar-refractivity contribution is 6.28. The zero-order valence-corrected chi connectivity index (χ0v) is 13.3. The number of ether oxygens (including phenoxy) is 2. The molecule has 1 aliphatic rings. The van der Waals surface area contributed by atoms with Crippen LogP contribution in [0.25, 0.3) is 6.08 Å². The van der Waals surface area contributed by atoms with Crippen molar-refractivity contribution in [3.05, 3.63) is 59.8 Å². The van der Waals surface area contributed by atoms with E-state index in [1.54, 1.807) is 55.7 Å². The van der Waals surface area contributed by atoms with Crippen molar-refractivity contribution in [1.82, 2.24) is 5.32 Å². The van der Waals surface area contributed by atoms with Crippen molar-refractivity contribution in [2.75, 3.05) is 19.1 Å². The van der Waals surface area contributed by atoms with Crippen LogP contribution in [-0.4, -0.2) is 26.2 Å². The Morgan fingerprint density at radius 2 is 1.75 bits per heavy atom. The number of nitrogens with zero attached hydrogens (tertiary/aromatic N) is 1. The summed E-state index contributed by atoms with van der Waals surface area (Å²) >= 11 is 0. The molecule has 6 heteroatoms. The molecule has 0 unspecified atom stereocenters. The minimum atomic E-state index is -0.482. The molecule has 1 fully saturated rings. The normalized spacial score (nSPS) is 15.6. The summed E-state index contributed by atoms with van der Waals surface area (Å²) in [4.78, 5) is 25.8. The Hall–Kier alpha value is -3.28. The quantitative estimate of drug-likeness (QED) is 0.694. The van der Waals surface area contributed by atoms with Gasteiger partial charge in [-0.3, -0.25) is 4.79 Å². The van der Waals surface area contributed by atoms with Crippen LogP contribution in [0.2, 0.25) is 0 Å². The zero-order chi connectivity index (χ0) is 17.1. The van der Waals surface area contributed by atoms with Gasteiger partial charge in [-0.15, -0.1) is 0 Å². The third-order valence-electron chi connectivity index (χ3n) is 3.63. The Balaban J connectivity index is 1.95. The van der Waals surface area contributed by atoms with Gasteiger partial charge in [0.05, 0.1) is 19.9 Å². The number of para-hydroxylation sites is 1. The lowest BCUT2D eigenvalue weighted by atomic mass is 10.1. The highest BCUT2D eigenvalue weighted by Gasteiger charge is 2.34. The van der Waals surface area contributed by atoms with Gasteiger partial charge < -0.3 is 14.8 Å². The lowest BCUT2D eigenvalue weighted by molar-refractivity contribution is -0.113. The van der Waals surface area contributed by atoms with E-state index in [0.29, 0.717) is 22.7 Å². The number of benzene rings is 2. The summed E-state index contributed by atoms with van der Waals surface area (Å²) < 4.78 is 10.5.